The molecule has 0 fully saturated rings. The van der Waals surface area contributed by atoms with Crippen LogP contribution in [0, 0.1) is 0 Å². The number of hydrogen-bond donors (Lipinski definition) is 2. The summed E-state index contributed by atoms with van der Waals surface area (Å²) in [5.41, 5.74) is 0. The Balaban J connectivity index is -0.0000000450. The predicted molar refractivity (Wildman–Crippen MR) is 18.0 cm³/mol. The van der Waals surface area contributed by atoms with Gasteiger partial charge in [-0.05, 0) is 0 Å². The average Bonchev–Trinajstić information content (AvgIpc) is 0.811. The molecular weight excluding hydrogens is 179 g/mol. The minimum atomic E-state index is -3.13. The summed E-state index contributed by atoms with van der Waals surface area (Å²) in [6.45, 7) is 0. The molecule has 2 N–H and O–H groups in total. The molecule has 0 spiro atoms. The monoisotopic (exact) mass is 181 g/mol. The van der Waals surface area contributed by atoms with Gasteiger partial charge in [-0.15, -0.1) is 0 Å². The number of hydrogen-bond acceptors (Lipinski definition) is 1. The van der Waals surface area contributed by atoms with E-state index in [1.165, 1.54) is 0 Å². The van der Waals surface area contributed by atoms with Crippen LogP contribution in [0.3, 0.4) is 0 Å². The Bertz CT molecular complexity index is 33.8. The Hall–Kier alpha value is 1.77. The van der Waals surface area contributed by atoms with E-state index >= 15 is 0 Å². The zero-order valence-corrected chi connectivity index (χ0v) is 4.05. The van der Waals surface area contributed by atoms with Crippen LogP contribution < -0.4 is 0 Å². The van der Waals surface area contributed by atoms with Gasteiger partial charge in [0.25, 0.3) is 0 Å². The van der Waals surface area contributed by atoms with E-state index in [-0.39, 0.29) is 68.5 Å². The Morgan fingerprint density at radius 3 is 1.33 bits per heavy atom. The SMILES string of the molecule is O=[Si](O)O.[Cu].[KH]. The number of rotatable bonds is 0. The van der Waals surface area contributed by atoms with Crippen molar-refractivity contribution in [2.24, 2.45) is 0 Å². The van der Waals surface area contributed by atoms with Gasteiger partial charge in [-0.2, -0.15) is 0 Å². The molecule has 0 aliphatic rings. The van der Waals surface area contributed by atoms with Crippen molar-refractivity contribution in [1.82, 2.24) is 0 Å². The first-order chi connectivity index (χ1) is 1.73. The van der Waals surface area contributed by atoms with Crippen LogP contribution in [0.25, 0.3) is 0 Å². The normalized spacial score (nSPS) is 4.00. The van der Waals surface area contributed by atoms with Gasteiger partial charge in [0.15, 0.2) is 0 Å². The van der Waals surface area contributed by atoms with Crippen molar-refractivity contribution in [2.45, 2.75) is 0 Å². The van der Waals surface area contributed by atoms with Crippen LogP contribution in [0.1, 0.15) is 0 Å². The Kier molecular flexibility index (Phi) is 25.8. The zero-order chi connectivity index (χ0) is 3.58. The molecule has 0 aliphatic heterocycles. The van der Waals surface area contributed by atoms with Gasteiger partial charge in [0.2, 0.25) is 0 Å². The molecule has 0 saturated heterocycles. The van der Waals surface area contributed by atoms with Gasteiger partial charge in [0, 0.05) is 17.1 Å². The second-order valence-corrected chi connectivity index (χ2v) is 0.848. The van der Waals surface area contributed by atoms with E-state index in [2.05, 4.69) is 0 Å². The second-order valence-electron chi connectivity index (χ2n) is 0.283. The van der Waals surface area contributed by atoms with E-state index in [9.17, 15) is 0 Å². The van der Waals surface area contributed by atoms with Crippen molar-refractivity contribution in [3.05, 3.63) is 0 Å². The predicted octanol–water partition coefficient (Wildman–Crippen LogP) is -2.26. The molecule has 37 valence electrons. The molecule has 0 unspecified atom stereocenters. The third-order valence-electron chi connectivity index (χ3n) is 0. The standard InChI is InChI=1S/Cu.K.H2O3Si.H/c;;1-4(2)3;/h;;1-2H;. The van der Waals surface area contributed by atoms with E-state index in [0.29, 0.717) is 0 Å². The summed E-state index contributed by atoms with van der Waals surface area (Å²) in [5.74, 6) is 0. The third-order valence-corrected chi connectivity index (χ3v) is 0. The van der Waals surface area contributed by atoms with Crippen molar-refractivity contribution >= 4 is 60.6 Å². The van der Waals surface area contributed by atoms with Gasteiger partial charge >= 0.3 is 60.6 Å². The van der Waals surface area contributed by atoms with E-state index in [4.69, 9.17) is 14.1 Å². The Morgan fingerprint density at radius 1 is 1.33 bits per heavy atom. The van der Waals surface area contributed by atoms with Crippen LogP contribution in [-0.4, -0.2) is 70.1 Å². The summed E-state index contributed by atoms with van der Waals surface area (Å²) in [7, 11) is -3.13. The fourth-order valence-electron chi connectivity index (χ4n) is 0. The van der Waals surface area contributed by atoms with Crippen molar-refractivity contribution in [3.8, 4) is 0 Å². The summed E-state index contributed by atoms with van der Waals surface area (Å²) >= 11 is 0. The molecule has 0 aromatic carbocycles. The van der Waals surface area contributed by atoms with Gasteiger partial charge in [0.05, 0.1) is 0 Å². The van der Waals surface area contributed by atoms with Gasteiger partial charge < -0.3 is 9.59 Å². The van der Waals surface area contributed by atoms with Crippen LogP contribution in [0.5, 0.6) is 0 Å². The summed E-state index contributed by atoms with van der Waals surface area (Å²) < 4.78 is 8.74. The van der Waals surface area contributed by atoms with Crippen molar-refractivity contribution in [1.29, 1.82) is 0 Å². The van der Waals surface area contributed by atoms with Gasteiger partial charge in [0.1, 0.15) is 0 Å². The third kappa shape index (κ3) is 41.8. The molecule has 1 radical (unpaired) electrons. The molecule has 0 aromatic heterocycles. The van der Waals surface area contributed by atoms with E-state index in [0.717, 1.165) is 0 Å². The van der Waals surface area contributed by atoms with E-state index in [1.807, 2.05) is 0 Å². The molecule has 6 heteroatoms. The summed E-state index contributed by atoms with van der Waals surface area (Å²) in [6, 6.07) is 0. The van der Waals surface area contributed by atoms with Gasteiger partial charge in [-0.1, -0.05) is 0 Å². The molecule has 0 aliphatic carbocycles. The van der Waals surface area contributed by atoms with E-state index in [1.54, 1.807) is 0 Å². The Morgan fingerprint density at radius 2 is 1.33 bits per heavy atom. The maximum atomic E-state index is 8.74. The van der Waals surface area contributed by atoms with Gasteiger partial charge in [-0.25, -0.2) is 0 Å². The quantitative estimate of drug-likeness (QED) is 0.415. The summed E-state index contributed by atoms with van der Waals surface area (Å²) in [5, 5.41) is 0. The summed E-state index contributed by atoms with van der Waals surface area (Å²) in [6.07, 6.45) is 0. The van der Waals surface area contributed by atoms with Crippen LogP contribution in [0.15, 0.2) is 0 Å². The summed E-state index contributed by atoms with van der Waals surface area (Å²) in [4.78, 5) is 14.3. The maximum absolute atomic E-state index is 8.74. The molecule has 0 aromatic rings. The van der Waals surface area contributed by atoms with Crippen molar-refractivity contribution in [2.75, 3.05) is 0 Å². The molecular formula is H3CuKO3Si. The molecule has 0 bridgehead atoms. The van der Waals surface area contributed by atoms with Crippen molar-refractivity contribution < 1.29 is 31.1 Å². The molecule has 6 heavy (non-hydrogen) atoms. The molecule has 0 heterocycles. The molecule has 0 rings (SSSR count). The zero-order valence-electron chi connectivity index (χ0n) is 2.10. The minimum absolute atomic E-state index is 0. The van der Waals surface area contributed by atoms with Crippen LogP contribution in [-0.2, 0) is 21.5 Å². The molecule has 0 amide bonds. The topological polar surface area (TPSA) is 57.5 Å². The van der Waals surface area contributed by atoms with Crippen LogP contribution in [0.4, 0.5) is 0 Å². The van der Waals surface area contributed by atoms with Crippen LogP contribution in [0.2, 0.25) is 0 Å². The molecule has 0 saturated carbocycles. The fraction of sp³-hybridized carbons (Fsp3) is 0. The van der Waals surface area contributed by atoms with Gasteiger partial charge in [-0.3, -0.25) is 4.46 Å². The van der Waals surface area contributed by atoms with Crippen LogP contribution >= 0.6 is 0 Å². The molecule has 3 nitrogen and oxygen atoms in total. The fourth-order valence-corrected chi connectivity index (χ4v) is 0. The first-order valence-corrected chi connectivity index (χ1v) is 1.95. The van der Waals surface area contributed by atoms with Crippen molar-refractivity contribution in [3.63, 3.8) is 0 Å². The van der Waals surface area contributed by atoms with E-state index < -0.39 is 9.17 Å². The average molecular weight is 182 g/mol. The first kappa shape index (κ1) is 15.7. The second kappa shape index (κ2) is 9.91. The molecule has 0 atom stereocenters. The Labute approximate surface area is 89.9 Å². The first-order valence-electron chi connectivity index (χ1n) is 0.651.